The zero-order valence-corrected chi connectivity index (χ0v) is 12.4. The van der Waals surface area contributed by atoms with Crippen LogP contribution < -0.4 is 5.32 Å². The minimum absolute atomic E-state index is 0.139. The van der Waals surface area contributed by atoms with E-state index in [-0.39, 0.29) is 12.6 Å². The van der Waals surface area contributed by atoms with Crippen LogP contribution in [0.2, 0.25) is 0 Å². The van der Waals surface area contributed by atoms with Crippen LogP contribution in [0.5, 0.6) is 0 Å². The van der Waals surface area contributed by atoms with Gasteiger partial charge < -0.3 is 10.4 Å². The van der Waals surface area contributed by atoms with Crippen LogP contribution in [0.15, 0.2) is 30.7 Å². The van der Waals surface area contributed by atoms with Crippen LogP contribution in [0.1, 0.15) is 48.7 Å². The van der Waals surface area contributed by atoms with E-state index in [1.54, 1.807) is 0 Å². The molecule has 2 aromatic heterocycles. The molecular weight excluding hydrogens is 264 g/mol. The number of pyridine rings is 1. The van der Waals surface area contributed by atoms with Crippen molar-refractivity contribution in [1.82, 2.24) is 20.1 Å². The third-order valence-electron chi connectivity index (χ3n) is 4.23. The van der Waals surface area contributed by atoms with E-state index in [2.05, 4.69) is 34.5 Å². The fraction of sp³-hybridized carbons (Fsp3) is 0.500. The number of aliphatic hydroxyl groups is 1. The van der Waals surface area contributed by atoms with Gasteiger partial charge >= 0.3 is 0 Å². The first-order valence-corrected chi connectivity index (χ1v) is 7.61. The smallest absolute Gasteiger partial charge is 0.0644 e. The van der Waals surface area contributed by atoms with Gasteiger partial charge in [-0.2, -0.15) is 5.10 Å². The molecule has 21 heavy (non-hydrogen) atoms. The molecule has 3 rings (SSSR count). The van der Waals surface area contributed by atoms with Gasteiger partial charge in [0.1, 0.15) is 0 Å². The second-order valence-electron chi connectivity index (χ2n) is 5.61. The van der Waals surface area contributed by atoms with Crippen LogP contribution in [0.3, 0.4) is 0 Å². The third-order valence-corrected chi connectivity index (χ3v) is 4.23. The largest absolute Gasteiger partial charge is 0.394 e. The van der Waals surface area contributed by atoms with Gasteiger partial charge in [0.05, 0.1) is 19.3 Å². The van der Waals surface area contributed by atoms with Crippen LogP contribution in [-0.2, 0) is 13.0 Å². The molecule has 0 fully saturated rings. The maximum absolute atomic E-state index is 9.12. The standard InChI is InChI=1S/C16H22N4O/c1-12(13-5-7-17-8-6-13)19-15-3-2-4-16-14(15)11-18-20(16)9-10-21/h5-8,11-12,15,19,21H,2-4,9-10H2,1H3. The van der Waals surface area contributed by atoms with Crippen molar-refractivity contribution < 1.29 is 5.11 Å². The summed E-state index contributed by atoms with van der Waals surface area (Å²) in [6.07, 6.45) is 8.97. The second-order valence-corrected chi connectivity index (χ2v) is 5.61. The van der Waals surface area contributed by atoms with Crippen molar-refractivity contribution in [1.29, 1.82) is 0 Å². The Morgan fingerprint density at radius 2 is 2.24 bits per heavy atom. The van der Waals surface area contributed by atoms with Crippen molar-refractivity contribution in [2.24, 2.45) is 0 Å². The molecule has 0 bridgehead atoms. The van der Waals surface area contributed by atoms with Gasteiger partial charge in [-0.3, -0.25) is 9.67 Å². The van der Waals surface area contributed by atoms with Gasteiger partial charge in [0, 0.05) is 35.7 Å². The molecule has 2 atom stereocenters. The molecule has 1 aliphatic carbocycles. The highest BCUT2D eigenvalue weighted by molar-refractivity contribution is 5.26. The predicted molar refractivity (Wildman–Crippen MR) is 80.8 cm³/mol. The van der Waals surface area contributed by atoms with Crippen molar-refractivity contribution in [2.75, 3.05) is 6.61 Å². The van der Waals surface area contributed by atoms with E-state index in [1.807, 2.05) is 23.3 Å². The van der Waals surface area contributed by atoms with Crippen molar-refractivity contribution in [3.8, 4) is 0 Å². The van der Waals surface area contributed by atoms with Crippen molar-refractivity contribution in [3.63, 3.8) is 0 Å². The quantitative estimate of drug-likeness (QED) is 0.882. The highest BCUT2D eigenvalue weighted by atomic mass is 16.3. The molecule has 1 aliphatic rings. The Bertz CT molecular complexity index is 581. The Labute approximate surface area is 125 Å². The van der Waals surface area contributed by atoms with Crippen molar-refractivity contribution in [3.05, 3.63) is 47.5 Å². The fourth-order valence-electron chi connectivity index (χ4n) is 3.13. The molecular formula is C16H22N4O. The van der Waals surface area contributed by atoms with Gasteiger partial charge in [0.15, 0.2) is 0 Å². The summed E-state index contributed by atoms with van der Waals surface area (Å²) in [5.74, 6) is 0. The Balaban J connectivity index is 1.76. The molecule has 112 valence electrons. The van der Waals surface area contributed by atoms with Gasteiger partial charge in [-0.15, -0.1) is 0 Å². The topological polar surface area (TPSA) is 63.0 Å². The number of hydrogen-bond acceptors (Lipinski definition) is 4. The van der Waals surface area contributed by atoms with Crippen LogP contribution >= 0.6 is 0 Å². The molecule has 2 aromatic rings. The molecule has 2 heterocycles. The van der Waals surface area contributed by atoms with E-state index in [9.17, 15) is 0 Å². The highest BCUT2D eigenvalue weighted by Crippen LogP contribution is 2.31. The lowest BCUT2D eigenvalue weighted by Crippen LogP contribution is -2.28. The minimum Gasteiger partial charge on any atom is -0.394 e. The fourth-order valence-corrected chi connectivity index (χ4v) is 3.13. The average Bonchev–Trinajstić information content (AvgIpc) is 2.93. The lowest BCUT2D eigenvalue weighted by atomic mass is 9.92. The molecule has 0 aliphatic heterocycles. The summed E-state index contributed by atoms with van der Waals surface area (Å²) < 4.78 is 1.94. The molecule has 0 saturated heterocycles. The first kappa shape index (κ1) is 14.2. The van der Waals surface area contributed by atoms with Crippen LogP contribution in [0.4, 0.5) is 0 Å². The summed E-state index contributed by atoms with van der Waals surface area (Å²) in [4.78, 5) is 4.07. The molecule has 5 nitrogen and oxygen atoms in total. The van der Waals surface area contributed by atoms with E-state index >= 15 is 0 Å². The summed E-state index contributed by atoms with van der Waals surface area (Å²) in [7, 11) is 0. The van der Waals surface area contributed by atoms with Crippen molar-refractivity contribution in [2.45, 2.75) is 44.8 Å². The molecule has 0 amide bonds. The Morgan fingerprint density at radius 3 is 3.00 bits per heavy atom. The predicted octanol–water partition coefficient (Wildman–Crippen LogP) is 2.00. The van der Waals surface area contributed by atoms with E-state index in [4.69, 9.17) is 5.11 Å². The number of hydrogen-bond donors (Lipinski definition) is 2. The van der Waals surface area contributed by atoms with E-state index in [0.29, 0.717) is 12.6 Å². The number of rotatable bonds is 5. The number of aromatic nitrogens is 3. The van der Waals surface area contributed by atoms with Gasteiger partial charge in [-0.05, 0) is 43.9 Å². The van der Waals surface area contributed by atoms with Crippen LogP contribution in [-0.4, -0.2) is 26.5 Å². The lowest BCUT2D eigenvalue weighted by Gasteiger charge is -2.27. The monoisotopic (exact) mass is 286 g/mol. The van der Waals surface area contributed by atoms with Crippen LogP contribution in [0, 0.1) is 0 Å². The molecule has 2 N–H and O–H groups in total. The Kier molecular flexibility index (Phi) is 4.31. The van der Waals surface area contributed by atoms with Gasteiger partial charge in [-0.25, -0.2) is 0 Å². The van der Waals surface area contributed by atoms with E-state index in [0.717, 1.165) is 19.3 Å². The number of fused-ring (bicyclic) bond motifs is 1. The van der Waals surface area contributed by atoms with Gasteiger partial charge in [0.2, 0.25) is 0 Å². The SMILES string of the molecule is CC(NC1CCCc2c1cnn2CCO)c1ccncc1. The maximum Gasteiger partial charge on any atom is 0.0644 e. The third kappa shape index (κ3) is 2.99. The van der Waals surface area contributed by atoms with E-state index in [1.165, 1.54) is 16.8 Å². The summed E-state index contributed by atoms with van der Waals surface area (Å²) in [5.41, 5.74) is 3.81. The summed E-state index contributed by atoms with van der Waals surface area (Å²) >= 11 is 0. The minimum atomic E-state index is 0.139. The Hall–Kier alpha value is -1.72. The zero-order valence-electron chi connectivity index (χ0n) is 12.4. The van der Waals surface area contributed by atoms with Crippen molar-refractivity contribution >= 4 is 0 Å². The summed E-state index contributed by atoms with van der Waals surface area (Å²) in [6.45, 7) is 2.91. The number of nitrogens with zero attached hydrogens (tertiary/aromatic N) is 3. The van der Waals surface area contributed by atoms with Crippen LogP contribution in [0.25, 0.3) is 0 Å². The zero-order chi connectivity index (χ0) is 14.7. The lowest BCUT2D eigenvalue weighted by molar-refractivity contribution is 0.266. The highest BCUT2D eigenvalue weighted by Gasteiger charge is 2.25. The molecule has 0 saturated carbocycles. The first-order valence-electron chi connectivity index (χ1n) is 7.61. The summed E-state index contributed by atoms with van der Waals surface area (Å²) in [5, 5.41) is 17.2. The molecule has 0 radical (unpaired) electrons. The molecule has 0 aromatic carbocycles. The first-order chi connectivity index (χ1) is 10.3. The number of nitrogens with one attached hydrogen (secondary N) is 1. The van der Waals surface area contributed by atoms with Gasteiger partial charge in [-0.1, -0.05) is 0 Å². The summed E-state index contributed by atoms with van der Waals surface area (Å²) in [6, 6.07) is 4.72. The molecule has 5 heteroatoms. The van der Waals surface area contributed by atoms with Gasteiger partial charge in [0.25, 0.3) is 0 Å². The Morgan fingerprint density at radius 1 is 1.43 bits per heavy atom. The molecule has 0 spiro atoms. The average molecular weight is 286 g/mol. The van der Waals surface area contributed by atoms with E-state index < -0.39 is 0 Å². The molecule has 2 unspecified atom stereocenters. The normalized spacial score (nSPS) is 19.2. The number of aliphatic hydroxyl groups excluding tert-OH is 1. The maximum atomic E-state index is 9.12. The second kappa shape index (κ2) is 6.37.